The summed E-state index contributed by atoms with van der Waals surface area (Å²) in [5, 5.41) is 4.00. The summed E-state index contributed by atoms with van der Waals surface area (Å²) in [6, 6.07) is 5.64. The number of amides is 1. The first kappa shape index (κ1) is 17.5. The molecule has 0 bridgehead atoms. The average molecular weight is 342 g/mol. The number of carbonyl (C=O) groups excluding carboxylic acids is 2. The highest BCUT2D eigenvalue weighted by molar-refractivity contribution is 5.97. The minimum absolute atomic E-state index is 0.212. The number of aryl methyl sites for hydroxylation is 2. The Bertz CT molecular complexity index is 788. The maximum Gasteiger partial charge on any atom is 0.338 e. The summed E-state index contributed by atoms with van der Waals surface area (Å²) in [5.41, 5.74) is 3.66. The van der Waals surface area contributed by atoms with Gasteiger partial charge in [-0.1, -0.05) is 19.3 Å². The number of aromatic nitrogens is 1. The third-order valence-electron chi connectivity index (χ3n) is 5.15. The SMILES string of the molecule is Cc1[nH]c2ccc(C(=O)O[C@@H](C)C(=O)NC3CCCCC3)cc2c1C. The smallest absolute Gasteiger partial charge is 0.338 e. The average Bonchev–Trinajstić information content (AvgIpc) is 2.89. The lowest BCUT2D eigenvalue weighted by Crippen LogP contribution is -2.42. The summed E-state index contributed by atoms with van der Waals surface area (Å²) in [4.78, 5) is 27.9. The van der Waals surface area contributed by atoms with Crippen LogP contribution < -0.4 is 5.32 Å². The molecule has 5 nitrogen and oxygen atoms in total. The highest BCUT2D eigenvalue weighted by Crippen LogP contribution is 2.23. The quantitative estimate of drug-likeness (QED) is 0.831. The second-order valence-corrected chi connectivity index (χ2v) is 7.03. The monoisotopic (exact) mass is 342 g/mol. The predicted molar refractivity (Wildman–Crippen MR) is 97.7 cm³/mol. The zero-order valence-corrected chi connectivity index (χ0v) is 15.1. The van der Waals surface area contributed by atoms with Crippen LogP contribution in [0.1, 0.15) is 60.6 Å². The Kier molecular flexibility index (Phi) is 5.11. The number of H-pyrrole nitrogens is 1. The molecule has 1 aromatic carbocycles. The molecule has 25 heavy (non-hydrogen) atoms. The van der Waals surface area contributed by atoms with Gasteiger partial charge in [0.05, 0.1) is 5.56 Å². The summed E-state index contributed by atoms with van der Waals surface area (Å²) < 4.78 is 5.37. The van der Waals surface area contributed by atoms with Gasteiger partial charge in [-0.05, 0) is 57.4 Å². The first-order valence-electron chi connectivity index (χ1n) is 9.06. The minimum atomic E-state index is -0.792. The van der Waals surface area contributed by atoms with Crippen molar-refractivity contribution >= 4 is 22.8 Å². The van der Waals surface area contributed by atoms with E-state index in [-0.39, 0.29) is 11.9 Å². The van der Waals surface area contributed by atoms with E-state index in [4.69, 9.17) is 4.74 Å². The van der Waals surface area contributed by atoms with Crippen LogP contribution in [-0.2, 0) is 9.53 Å². The van der Waals surface area contributed by atoms with Crippen molar-refractivity contribution < 1.29 is 14.3 Å². The van der Waals surface area contributed by atoms with Crippen molar-refractivity contribution in [3.63, 3.8) is 0 Å². The number of carbonyl (C=O) groups is 2. The van der Waals surface area contributed by atoms with E-state index in [1.165, 1.54) is 6.42 Å². The van der Waals surface area contributed by atoms with E-state index in [0.29, 0.717) is 5.56 Å². The molecule has 1 aliphatic rings. The van der Waals surface area contributed by atoms with Crippen LogP contribution in [0.5, 0.6) is 0 Å². The molecule has 0 unspecified atom stereocenters. The Labute approximate surface area is 148 Å². The standard InChI is InChI=1S/C20H26N2O3/c1-12-13(2)21-18-10-9-15(11-17(12)18)20(24)25-14(3)19(23)22-16-7-5-4-6-8-16/h9-11,14,16,21H,4-8H2,1-3H3,(H,22,23)/t14-/m0/s1. The molecule has 1 aliphatic carbocycles. The molecule has 2 N–H and O–H groups in total. The molecule has 0 saturated heterocycles. The normalized spacial score (nSPS) is 16.6. The number of fused-ring (bicyclic) bond motifs is 1. The molecule has 134 valence electrons. The molecule has 5 heteroatoms. The lowest BCUT2D eigenvalue weighted by molar-refractivity contribution is -0.130. The molecule has 3 rings (SSSR count). The van der Waals surface area contributed by atoms with Gasteiger partial charge in [0, 0.05) is 22.6 Å². The van der Waals surface area contributed by atoms with Gasteiger partial charge < -0.3 is 15.0 Å². The molecule has 0 spiro atoms. The summed E-state index contributed by atoms with van der Waals surface area (Å²) >= 11 is 0. The van der Waals surface area contributed by atoms with Gasteiger partial charge in [0.25, 0.3) is 5.91 Å². The van der Waals surface area contributed by atoms with Crippen molar-refractivity contribution in [2.45, 2.75) is 65.0 Å². The van der Waals surface area contributed by atoms with E-state index < -0.39 is 12.1 Å². The van der Waals surface area contributed by atoms with Gasteiger partial charge in [0.15, 0.2) is 6.10 Å². The van der Waals surface area contributed by atoms with Gasteiger partial charge in [0.1, 0.15) is 0 Å². The summed E-state index contributed by atoms with van der Waals surface area (Å²) in [7, 11) is 0. The van der Waals surface area contributed by atoms with Gasteiger partial charge in [-0.2, -0.15) is 0 Å². The Hall–Kier alpha value is -2.30. The molecular formula is C20H26N2O3. The number of hydrogen-bond donors (Lipinski definition) is 2. The summed E-state index contributed by atoms with van der Waals surface area (Å²) in [5.74, 6) is -0.679. The van der Waals surface area contributed by atoms with Crippen LogP contribution in [0.4, 0.5) is 0 Å². The first-order chi connectivity index (χ1) is 12.0. The molecule has 1 heterocycles. The van der Waals surface area contributed by atoms with Crippen molar-refractivity contribution in [2.24, 2.45) is 0 Å². The molecular weight excluding hydrogens is 316 g/mol. The van der Waals surface area contributed by atoms with Crippen LogP contribution in [0.15, 0.2) is 18.2 Å². The minimum Gasteiger partial charge on any atom is -0.449 e. The van der Waals surface area contributed by atoms with Gasteiger partial charge in [-0.15, -0.1) is 0 Å². The van der Waals surface area contributed by atoms with E-state index in [1.807, 2.05) is 26.0 Å². The van der Waals surface area contributed by atoms with Gasteiger partial charge in [0.2, 0.25) is 0 Å². The van der Waals surface area contributed by atoms with Crippen LogP contribution >= 0.6 is 0 Å². The zero-order chi connectivity index (χ0) is 18.0. The van der Waals surface area contributed by atoms with Crippen LogP contribution in [-0.4, -0.2) is 29.0 Å². The first-order valence-corrected chi connectivity index (χ1v) is 9.06. The van der Waals surface area contributed by atoms with Crippen molar-refractivity contribution in [3.05, 3.63) is 35.0 Å². The van der Waals surface area contributed by atoms with Crippen LogP contribution in [0.2, 0.25) is 0 Å². The summed E-state index contributed by atoms with van der Waals surface area (Å²) in [6.45, 7) is 5.65. The Morgan fingerprint density at radius 2 is 1.92 bits per heavy atom. The van der Waals surface area contributed by atoms with E-state index >= 15 is 0 Å². The number of benzene rings is 1. The maximum atomic E-state index is 12.4. The van der Waals surface area contributed by atoms with Gasteiger partial charge in [-0.3, -0.25) is 4.79 Å². The summed E-state index contributed by atoms with van der Waals surface area (Å²) in [6.07, 6.45) is 4.75. The topological polar surface area (TPSA) is 71.2 Å². The van der Waals surface area contributed by atoms with E-state index in [9.17, 15) is 9.59 Å². The van der Waals surface area contributed by atoms with Crippen LogP contribution in [0.25, 0.3) is 10.9 Å². The molecule has 0 radical (unpaired) electrons. The number of ether oxygens (including phenoxy) is 1. The zero-order valence-electron chi connectivity index (χ0n) is 15.1. The fraction of sp³-hybridized carbons (Fsp3) is 0.500. The van der Waals surface area contributed by atoms with Crippen LogP contribution in [0.3, 0.4) is 0 Å². The molecule has 1 atom stereocenters. The molecule has 1 fully saturated rings. The van der Waals surface area contributed by atoms with E-state index in [0.717, 1.165) is 47.8 Å². The maximum absolute atomic E-state index is 12.4. The van der Waals surface area contributed by atoms with E-state index in [2.05, 4.69) is 10.3 Å². The lowest BCUT2D eigenvalue weighted by Gasteiger charge is -2.24. The largest absolute Gasteiger partial charge is 0.449 e. The predicted octanol–water partition coefficient (Wildman–Crippen LogP) is 3.78. The fourth-order valence-electron chi connectivity index (χ4n) is 3.44. The number of nitrogens with one attached hydrogen (secondary N) is 2. The third kappa shape index (κ3) is 3.86. The fourth-order valence-corrected chi connectivity index (χ4v) is 3.44. The van der Waals surface area contributed by atoms with Gasteiger partial charge >= 0.3 is 5.97 Å². The Morgan fingerprint density at radius 1 is 1.20 bits per heavy atom. The lowest BCUT2D eigenvalue weighted by atomic mass is 9.95. The second kappa shape index (κ2) is 7.30. The molecule has 2 aromatic rings. The number of aromatic amines is 1. The number of rotatable bonds is 4. The van der Waals surface area contributed by atoms with Crippen LogP contribution in [0, 0.1) is 13.8 Å². The molecule has 1 aromatic heterocycles. The van der Waals surface area contributed by atoms with Crippen molar-refractivity contribution in [2.75, 3.05) is 0 Å². The highest BCUT2D eigenvalue weighted by Gasteiger charge is 2.23. The molecule has 1 amide bonds. The second-order valence-electron chi connectivity index (χ2n) is 7.03. The number of hydrogen-bond acceptors (Lipinski definition) is 3. The Morgan fingerprint density at radius 3 is 2.64 bits per heavy atom. The third-order valence-corrected chi connectivity index (χ3v) is 5.15. The number of esters is 1. The highest BCUT2D eigenvalue weighted by atomic mass is 16.5. The van der Waals surface area contributed by atoms with Crippen molar-refractivity contribution in [3.8, 4) is 0 Å². The van der Waals surface area contributed by atoms with Crippen molar-refractivity contribution in [1.82, 2.24) is 10.3 Å². The van der Waals surface area contributed by atoms with E-state index in [1.54, 1.807) is 13.0 Å². The molecule has 1 saturated carbocycles. The molecule has 0 aliphatic heterocycles. The Balaban J connectivity index is 1.64. The van der Waals surface area contributed by atoms with Gasteiger partial charge in [-0.25, -0.2) is 4.79 Å². The van der Waals surface area contributed by atoms with Crippen molar-refractivity contribution in [1.29, 1.82) is 0 Å².